The number of phenolic OH excluding ortho intramolecular Hbond substituents is 1. The van der Waals surface area contributed by atoms with E-state index in [1.165, 1.54) is 25.5 Å². The summed E-state index contributed by atoms with van der Waals surface area (Å²) in [6.07, 6.45) is 4.85. The van der Waals surface area contributed by atoms with Gasteiger partial charge in [-0.1, -0.05) is 42.5 Å². The van der Waals surface area contributed by atoms with Crippen LogP contribution in [0.4, 0.5) is 0 Å². The van der Waals surface area contributed by atoms with Crippen LogP contribution in [0.3, 0.4) is 0 Å². The third-order valence-corrected chi connectivity index (χ3v) is 7.19. The van der Waals surface area contributed by atoms with E-state index in [0.717, 1.165) is 24.9 Å². The van der Waals surface area contributed by atoms with Crippen molar-refractivity contribution in [2.45, 2.75) is 63.1 Å². The van der Waals surface area contributed by atoms with E-state index in [-0.39, 0.29) is 24.7 Å². The van der Waals surface area contributed by atoms with Crippen LogP contribution in [0.15, 0.2) is 54.6 Å². The van der Waals surface area contributed by atoms with Crippen molar-refractivity contribution in [1.29, 1.82) is 0 Å². The summed E-state index contributed by atoms with van der Waals surface area (Å²) in [6, 6.07) is 18.7. The first-order valence-corrected chi connectivity index (χ1v) is 12.0. The van der Waals surface area contributed by atoms with Gasteiger partial charge < -0.3 is 14.7 Å². The highest BCUT2D eigenvalue weighted by Crippen LogP contribution is 2.43. The molecule has 1 amide bonds. The molecule has 2 aliphatic rings. The Morgan fingerprint density at radius 2 is 1.76 bits per heavy atom. The number of carbonyl (C=O) groups is 2. The van der Waals surface area contributed by atoms with Crippen molar-refractivity contribution in [2.75, 3.05) is 20.2 Å². The first-order valence-electron chi connectivity index (χ1n) is 12.0. The van der Waals surface area contributed by atoms with Gasteiger partial charge in [-0.05, 0) is 54.9 Å². The summed E-state index contributed by atoms with van der Waals surface area (Å²) >= 11 is 0. The van der Waals surface area contributed by atoms with E-state index in [1.54, 1.807) is 6.07 Å². The molecule has 0 aromatic heterocycles. The van der Waals surface area contributed by atoms with E-state index < -0.39 is 0 Å². The molecule has 2 aliphatic heterocycles. The van der Waals surface area contributed by atoms with Crippen LogP contribution in [0, 0.1) is 0 Å². The average Bonchev–Trinajstić information content (AvgIpc) is 3.06. The molecule has 0 spiro atoms. The van der Waals surface area contributed by atoms with E-state index in [1.807, 2.05) is 47.4 Å². The molecule has 2 aromatic carbocycles. The van der Waals surface area contributed by atoms with Crippen molar-refractivity contribution in [3.05, 3.63) is 65.7 Å². The molecule has 0 radical (unpaired) electrons. The maximum atomic E-state index is 13.0. The number of carbonyl (C=O) groups excluding carboxylic acids is 2. The fraction of sp³-hybridized carbons (Fsp3) is 0.481. The van der Waals surface area contributed by atoms with Gasteiger partial charge in [-0.2, -0.15) is 0 Å². The number of hydrogen-bond acceptors (Lipinski definition) is 5. The van der Waals surface area contributed by atoms with Gasteiger partial charge in [-0.25, -0.2) is 0 Å². The highest BCUT2D eigenvalue weighted by Gasteiger charge is 2.41. The third kappa shape index (κ3) is 5.93. The number of ether oxygens (including phenoxy) is 1. The zero-order valence-electron chi connectivity index (χ0n) is 19.4. The Morgan fingerprint density at radius 1 is 1.03 bits per heavy atom. The molecular formula is C27H34N2O4. The molecule has 6 nitrogen and oxygen atoms in total. The molecule has 2 saturated heterocycles. The molecule has 2 aromatic rings. The van der Waals surface area contributed by atoms with Crippen LogP contribution in [0.1, 0.15) is 55.6 Å². The summed E-state index contributed by atoms with van der Waals surface area (Å²) in [5.74, 6) is 0.457. The van der Waals surface area contributed by atoms with E-state index >= 15 is 0 Å². The molecule has 6 heteroatoms. The van der Waals surface area contributed by atoms with Crippen molar-refractivity contribution in [3.8, 4) is 5.75 Å². The Labute approximate surface area is 196 Å². The second-order valence-corrected chi connectivity index (χ2v) is 9.26. The minimum Gasteiger partial charge on any atom is -0.508 e. The lowest BCUT2D eigenvalue weighted by atomic mass is 9.85. The van der Waals surface area contributed by atoms with Gasteiger partial charge in [-0.15, -0.1) is 0 Å². The molecule has 2 fully saturated rings. The van der Waals surface area contributed by atoms with Gasteiger partial charge in [0.25, 0.3) is 0 Å². The van der Waals surface area contributed by atoms with Crippen LogP contribution in [0.2, 0.25) is 0 Å². The van der Waals surface area contributed by atoms with Gasteiger partial charge in [-0.3, -0.25) is 14.5 Å². The zero-order valence-corrected chi connectivity index (χ0v) is 19.4. The molecule has 2 atom stereocenters. The Balaban J connectivity index is 1.38. The highest BCUT2D eigenvalue weighted by atomic mass is 16.5. The first kappa shape index (κ1) is 23.3. The van der Waals surface area contributed by atoms with Crippen molar-refractivity contribution >= 4 is 11.9 Å². The number of aromatic hydroxyl groups is 1. The molecule has 2 heterocycles. The lowest BCUT2D eigenvalue weighted by Gasteiger charge is -2.40. The largest absolute Gasteiger partial charge is 0.508 e. The maximum Gasteiger partial charge on any atom is 0.306 e. The Kier molecular flexibility index (Phi) is 7.65. The first-order chi connectivity index (χ1) is 16.0. The quantitative estimate of drug-likeness (QED) is 0.583. The SMILES string of the molecule is COC(=O)CCC(=O)N(CCN1C2CCC1CC(c1cccc(O)c1)C2)Cc1ccccc1. The van der Waals surface area contributed by atoms with E-state index in [4.69, 9.17) is 4.74 Å². The van der Waals surface area contributed by atoms with Gasteiger partial charge in [0.2, 0.25) is 5.91 Å². The molecule has 33 heavy (non-hydrogen) atoms. The molecule has 176 valence electrons. The fourth-order valence-corrected chi connectivity index (χ4v) is 5.49. The van der Waals surface area contributed by atoms with Crippen LogP contribution in [0.5, 0.6) is 5.75 Å². The topological polar surface area (TPSA) is 70.1 Å². The predicted molar refractivity (Wildman–Crippen MR) is 127 cm³/mol. The molecule has 2 unspecified atom stereocenters. The lowest BCUT2D eigenvalue weighted by molar-refractivity contribution is -0.143. The Bertz CT molecular complexity index is 934. The van der Waals surface area contributed by atoms with Crippen LogP contribution in [-0.2, 0) is 20.9 Å². The second kappa shape index (κ2) is 10.8. The number of fused-ring (bicyclic) bond motifs is 2. The monoisotopic (exact) mass is 450 g/mol. The zero-order chi connectivity index (χ0) is 23.2. The minimum atomic E-state index is -0.352. The summed E-state index contributed by atoms with van der Waals surface area (Å²) in [5, 5.41) is 9.88. The number of phenols is 1. The van der Waals surface area contributed by atoms with Gasteiger partial charge >= 0.3 is 5.97 Å². The van der Waals surface area contributed by atoms with E-state index in [0.29, 0.717) is 36.8 Å². The number of methoxy groups -OCH3 is 1. The summed E-state index contributed by atoms with van der Waals surface area (Å²) in [4.78, 5) is 29.0. The van der Waals surface area contributed by atoms with Gasteiger partial charge in [0.15, 0.2) is 0 Å². The summed E-state index contributed by atoms with van der Waals surface area (Å²) in [7, 11) is 1.35. The minimum absolute atomic E-state index is 0.00810. The predicted octanol–water partition coefficient (Wildman–Crippen LogP) is 4.08. The number of nitrogens with zero attached hydrogens (tertiary/aromatic N) is 2. The highest BCUT2D eigenvalue weighted by molar-refractivity contribution is 5.81. The Morgan fingerprint density at radius 3 is 2.42 bits per heavy atom. The molecular weight excluding hydrogens is 416 g/mol. The number of amides is 1. The van der Waals surface area contributed by atoms with Crippen LogP contribution in [0.25, 0.3) is 0 Å². The van der Waals surface area contributed by atoms with Crippen molar-refractivity contribution in [1.82, 2.24) is 9.80 Å². The van der Waals surface area contributed by atoms with Crippen molar-refractivity contribution in [3.63, 3.8) is 0 Å². The summed E-state index contributed by atoms with van der Waals surface area (Å²) in [6.45, 7) is 2.05. The molecule has 0 saturated carbocycles. The third-order valence-electron chi connectivity index (χ3n) is 7.19. The van der Waals surface area contributed by atoms with Crippen LogP contribution >= 0.6 is 0 Å². The molecule has 2 bridgehead atoms. The van der Waals surface area contributed by atoms with Crippen LogP contribution < -0.4 is 0 Å². The number of piperidine rings is 1. The summed E-state index contributed by atoms with van der Waals surface area (Å²) < 4.78 is 4.71. The van der Waals surface area contributed by atoms with E-state index in [2.05, 4.69) is 11.0 Å². The second-order valence-electron chi connectivity index (χ2n) is 9.26. The summed E-state index contributed by atoms with van der Waals surface area (Å²) in [5.41, 5.74) is 2.32. The Hall–Kier alpha value is -2.86. The molecule has 1 N–H and O–H groups in total. The van der Waals surface area contributed by atoms with Gasteiger partial charge in [0.05, 0.1) is 13.5 Å². The van der Waals surface area contributed by atoms with Crippen molar-refractivity contribution < 1.29 is 19.4 Å². The smallest absolute Gasteiger partial charge is 0.306 e. The normalized spacial score (nSPS) is 22.2. The fourth-order valence-electron chi connectivity index (χ4n) is 5.49. The average molecular weight is 451 g/mol. The van der Waals surface area contributed by atoms with Gasteiger partial charge in [0.1, 0.15) is 5.75 Å². The van der Waals surface area contributed by atoms with Crippen LogP contribution in [-0.4, -0.2) is 59.1 Å². The number of hydrogen-bond donors (Lipinski definition) is 1. The number of esters is 1. The standard InChI is InChI=1S/C27H34N2O4/c1-33-27(32)13-12-26(31)28(19-20-6-3-2-4-7-20)14-15-29-23-10-11-24(29)17-22(16-23)21-8-5-9-25(30)18-21/h2-9,18,22-24,30H,10-17,19H2,1H3. The number of rotatable bonds is 9. The number of benzene rings is 2. The van der Waals surface area contributed by atoms with Crippen molar-refractivity contribution in [2.24, 2.45) is 0 Å². The maximum absolute atomic E-state index is 13.0. The van der Waals surface area contributed by atoms with Gasteiger partial charge in [0, 0.05) is 38.1 Å². The lowest BCUT2D eigenvalue weighted by Crippen LogP contribution is -2.46. The van der Waals surface area contributed by atoms with E-state index in [9.17, 15) is 14.7 Å². The molecule has 0 aliphatic carbocycles. The molecule has 4 rings (SSSR count).